The summed E-state index contributed by atoms with van der Waals surface area (Å²) < 4.78 is 11.3. The molecule has 0 aromatic heterocycles. The second-order valence-electron chi connectivity index (χ2n) is 8.00. The SMILES string of the molecule is Cc1cc(Oc2cc(C)c(O)c(C)c2)cc(C)c1O.Oc1ccc(Oc2ccc(O)cc2)cc1. The first kappa shape index (κ1) is 24.3. The van der Waals surface area contributed by atoms with E-state index in [0.29, 0.717) is 34.5 Å². The van der Waals surface area contributed by atoms with Crippen molar-refractivity contribution in [1.29, 1.82) is 0 Å². The van der Waals surface area contributed by atoms with E-state index >= 15 is 0 Å². The summed E-state index contributed by atoms with van der Waals surface area (Å²) in [5, 5.41) is 37.6. The van der Waals surface area contributed by atoms with E-state index in [1.165, 1.54) is 0 Å². The number of aromatic hydroxyl groups is 4. The standard InChI is InChI=1S/C16H18O3.C12H10O3/c1-9-5-13(6-10(2)15(9)17)19-14-7-11(3)16(18)12(4)8-14;13-9-1-5-11(6-2-9)15-12-7-3-10(14)4-8-12/h5-8,17-18H,1-4H3;1-8,13-14H. The van der Waals surface area contributed by atoms with Crippen LogP contribution in [0.2, 0.25) is 0 Å². The van der Waals surface area contributed by atoms with Gasteiger partial charge in [-0.05, 0) is 123 Å². The third kappa shape index (κ3) is 6.36. The van der Waals surface area contributed by atoms with E-state index in [4.69, 9.17) is 19.7 Å². The minimum Gasteiger partial charge on any atom is -0.508 e. The lowest BCUT2D eigenvalue weighted by Crippen LogP contribution is -1.90. The molecule has 0 aliphatic carbocycles. The highest BCUT2D eigenvalue weighted by molar-refractivity contribution is 5.49. The zero-order valence-electron chi connectivity index (χ0n) is 19.5. The Bertz CT molecular complexity index is 1120. The highest BCUT2D eigenvalue weighted by Crippen LogP contribution is 2.33. The highest BCUT2D eigenvalue weighted by Gasteiger charge is 2.08. The number of phenols is 4. The van der Waals surface area contributed by atoms with Crippen LogP contribution in [0.1, 0.15) is 22.3 Å². The quantitative estimate of drug-likeness (QED) is 0.261. The van der Waals surface area contributed by atoms with Crippen LogP contribution >= 0.6 is 0 Å². The predicted molar refractivity (Wildman–Crippen MR) is 132 cm³/mol. The second kappa shape index (κ2) is 10.5. The highest BCUT2D eigenvalue weighted by atomic mass is 16.5. The van der Waals surface area contributed by atoms with Crippen molar-refractivity contribution >= 4 is 0 Å². The smallest absolute Gasteiger partial charge is 0.128 e. The van der Waals surface area contributed by atoms with Crippen LogP contribution in [-0.4, -0.2) is 20.4 Å². The number of phenolic OH excluding ortho intramolecular Hbond substituents is 4. The van der Waals surface area contributed by atoms with Crippen molar-refractivity contribution in [2.45, 2.75) is 27.7 Å². The van der Waals surface area contributed by atoms with Crippen molar-refractivity contribution in [3.63, 3.8) is 0 Å². The summed E-state index contributed by atoms with van der Waals surface area (Å²) in [6, 6.07) is 20.0. The van der Waals surface area contributed by atoms with E-state index in [1.54, 1.807) is 72.8 Å². The third-order valence-electron chi connectivity index (χ3n) is 5.07. The van der Waals surface area contributed by atoms with Gasteiger partial charge in [-0.2, -0.15) is 0 Å². The minimum absolute atomic E-state index is 0.202. The van der Waals surface area contributed by atoms with Crippen molar-refractivity contribution in [1.82, 2.24) is 0 Å². The minimum atomic E-state index is 0.202. The normalized spacial score (nSPS) is 10.2. The average Bonchev–Trinajstić information content (AvgIpc) is 2.79. The topological polar surface area (TPSA) is 99.4 Å². The molecule has 0 aliphatic rings. The number of ether oxygens (including phenoxy) is 2. The summed E-state index contributed by atoms with van der Waals surface area (Å²) in [5.74, 6) is 3.63. The summed E-state index contributed by atoms with van der Waals surface area (Å²) in [7, 11) is 0. The average molecular weight is 461 g/mol. The molecular formula is C28H28O6. The Hall–Kier alpha value is -4.32. The summed E-state index contributed by atoms with van der Waals surface area (Å²) in [4.78, 5) is 0. The van der Waals surface area contributed by atoms with Gasteiger partial charge in [0, 0.05) is 0 Å². The molecule has 4 aromatic rings. The molecule has 0 amide bonds. The van der Waals surface area contributed by atoms with Crippen molar-refractivity contribution in [3.05, 3.63) is 95.1 Å². The van der Waals surface area contributed by atoms with Crippen LogP contribution in [0.25, 0.3) is 0 Å². The maximum atomic E-state index is 9.73. The Morgan fingerprint density at radius 1 is 0.412 bits per heavy atom. The monoisotopic (exact) mass is 460 g/mol. The molecule has 4 aromatic carbocycles. The molecule has 0 bridgehead atoms. The summed E-state index contributed by atoms with van der Waals surface area (Å²) in [6.45, 7) is 7.34. The molecule has 176 valence electrons. The molecule has 6 heteroatoms. The fourth-order valence-corrected chi connectivity index (χ4v) is 3.25. The maximum absolute atomic E-state index is 9.73. The lowest BCUT2D eigenvalue weighted by Gasteiger charge is -2.12. The van der Waals surface area contributed by atoms with Gasteiger partial charge in [0.1, 0.15) is 46.0 Å². The Balaban J connectivity index is 0.000000196. The van der Waals surface area contributed by atoms with Crippen LogP contribution in [-0.2, 0) is 0 Å². The van der Waals surface area contributed by atoms with Crippen LogP contribution in [0.5, 0.6) is 46.0 Å². The van der Waals surface area contributed by atoms with Gasteiger partial charge in [0.25, 0.3) is 0 Å². The Kier molecular flexibility index (Phi) is 7.53. The molecule has 0 fully saturated rings. The van der Waals surface area contributed by atoms with Gasteiger partial charge >= 0.3 is 0 Å². The van der Waals surface area contributed by atoms with Crippen molar-refractivity contribution in [2.24, 2.45) is 0 Å². The van der Waals surface area contributed by atoms with Crippen molar-refractivity contribution in [2.75, 3.05) is 0 Å². The van der Waals surface area contributed by atoms with Gasteiger partial charge in [-0.25, -0.2) is 0 Å². The first-order valence-electron chi connectivity index (χ1n) is 10.7. The van der Waals surface area contributed by atoms with Gasteiger partial charge in [-0.1, -0.05) is 0 Å². The van der Waals surface area contributed by atoms with Gasteiger partial charge in [0.05, 0.1) is 0 Å². The van der Waals surface area contributed by atoms with E-state index < -0.39 is 0 Å². The van der Waals surface area contributed by atoms with E-state index in [-0.39, 0.29) is 11.5 Å². The zero-order valence-corrected chi connectivity index (χ0v) is 19.5. The summed E-state index contributed by atoms with van der Waals surface area (Å²) >= 11 is 0. The second-order valence-corrected chi connectivity index (χ2v) is 8.00. The number of rotatable bonds is 4. The number of hydrogen-bond acceptors (Lipinski definition) is 6. The van der Waals surface area contributed by atoms with E-state index in [2.05, 4.69) is 0 Å². The van der Waals surface area contributed by atoms with Gasteiger partial charge in [-0.3, -0.25) is 0 Å². The Morgan fingerprint density at radius 3 is 0.971 bits per heavy atom. The van der Waals surface area contributed by atoms with Crippen LogP contribution in [0.4, 0.5) is 0 Å². The van der Waals surface area contributed by atoms with Crippen molar-refractivity contribution < 1.29 is 29.9 Å². The molecule has 0 radical (unpaired) electrons. The number of benzene rings is 4. The zero-order chi connectivity index (χ0) is 24.8. The van der Waals surface area contributed by atoms with Crippen LogP contribution in [0.3, 0.4) is 0 Å². The molecule has 4 N–H and O–H groups in total. The number of aryl methyl sites for hydroxylation is 4. The summed E-state index contributed by atoms with van der Waals surface area (Å²) in [5.41, 5.74) is 3.12. The van der Waals surface area contributed by atoms with Crippen molar-refractivity contribution in [3.8, 4) is 46.0 Å². The molecule has 0 atom stereocenters. The van der Waals surface area contributed by atoms with Crippen LogP contribution in [0, 0.1) is 27.7 Å². The first-order valence-corrected chi connectivity index (χ1v) is 10.7. The van der Waals surface area contributed by atoms with Crippen LogP contribution < -0.4 is 9.47 Å². The largest absolute Gasteiger partial charge is 0.508 e. The molecule has 0 saturated heterocycles. The fraction of sp³-hybridized carbons (Fsp3) is 0.143. The van der Waals surface area contributed by atoms with Gasteiger partial charge in [0.2, 0.25) is 0 Å². The lowest BCUT2D eigenvalue weighted by atomic mass is 10.1. The Labute approximate surface area is 198 Å². The van der Waals surface area contributed by atoms with E-state index in [0.717, 1.165) is 22.3 Å². The number of hydrogen-bond donors (Lipinski definition) is 4. The van der Waals surface area contributed by atoms with Gasteiger partial charge in [0.15, 0.2) is 0 Å². The molecule has 0 heterocycles. The first-order chi connectivity index (χ1) is 16.1. The summed E-state index contributed by atoms with van der Waals surface area (Å²) in [6.07, 6.45) is 0. The van der Waals surface area contributed by atoms with E-state index in [9.17, 15) is 10.2 Å². The Morgan fingerprint density at radius 2 is 0.676 bits per heavy atom. The van der Waals surface area contributed by atoms with Crippen LogP contribution in [0.15, 0.2) is 72.8 Å². The molecular weight excluding hydrogens is 432 g/mol. The third-order valence-corrected chi connectivity index (χ3v) is 5.07. The molecule has 0 saturated carbocycles. The molecule has 34 heavy (non-hydrogen) atoms. The molecule has 6 nitrogen and oxygen atoms in total. The van der Waals surface area contributed by atoms with E-state index in [1.807, 2.05) is 27.7 Å². The molecule has 0 spiro atoms. The van der Waals surface area contributed by atoms with Gasteiger partial charge < -0.3 is 29.9 Å². The van der Waals surface area contributed by atoms with Gasteiger partial charge in [-0.15, -0.1) is 0 Å². The molecule has 0 aliphatic heterocycles. The fourth-order valence-electron chi connectivity index (χ4n) is 3.25. The lowest BCUT2D eigenvalue weighted by molar-refractivity contribution is 0.450. The molecule has 0 unspecified atom stereocenters. The molecule has 4 rings (SSSR count). The maximum Gasteiger partial charge on any atom is 0.128 e. The predicted octanol–water partition coefficient (Wildman–Crippen LogP) is 7.01.